The fourth-order valence-corrected chi connectivity index (χ4v) is 4.26. The number of anilines is 2. The molecule has 3 rings (SSSR count). The molecule has 0 bridgehead atoms. The molecule has 2 heterocycles. The van der Waals surface area contributed by atoms with Crippen LogP contribution in [0.15, 0.2) is 34.0 Å². The smallest absolute Gasteiger partial charge is 0.210 e. The molecule has 0 amide bonds. The van der Waals surface area contributed by atoms with E-state index in [1.165, 1.54) is 5.56 Å². The summed E-state index contributed by atoms with van der Waals surface area (Å²) in [6.07, 6.45) is 1.05. The zero-order valence-corrected chi connectivity index (χ0v) is 14.8. The normalized spacial score (nSPS) is 10.8. The largest absolute Gasteiger partial charge is 0.330 e. The van der Waals surface area contributed by atoms with E-state index in [2.05, 4.69) is 57.1 Å². The summed E-state index contributed by atoms with van der Waals surface area (Å²) in [6, 6.07) is 8.41. The number of aromatic nitrogens is 3. The second kappa shape index (κ2) is 7.21. The van der Waals surface area contributed by atoms with E-state index in [9.17, 15) is 0 Å². The van der Waals surface area contributed by atoms with E-state index < -0.39 is 0 Å². The van der Waals surface area contributed by atoms with Crippen molar-refractivity contribution in [2.24, 2.45) is 0 Å². The standard InChI is InChI=1S/C15H16N4S3/c1-3-11-4-6-12(7-5-11)17-14-18-19-15(22-14)21-9-13-8-20-10(2)16-13/h4-8H,3,9H2,1-2H3,(H,17,18). The van der Waals surface area contributed by atoms with Gasteiger partial charge in [-0.25, -0.2) is 4.98 Å². The van der Waals surface area contributed by atoms with Crippen LogP contribution >= 0.6 is 34.4 Å². The van der Waals surface area contributed by atoms with Crippen molar-refractivity contribution >= 4 is 45.3 Å². The van der Waals surface area contributed by atoms with Crippen LogP contribution in [0.4, 0.5) is 10.8 Å². The predicted octanol–water partition coefficient (Wildman–Crippen LogP) is 4.90. The first-order valence-electron chi connectivity index (χ1n) is 6.96. The van der Waals surface area contributed by atoms with Crippen molar-refractivity contribution in [1.82, 2.24) is 15.2 Å². The average molecular weight is 349 g/mol. The molecule has 0 spiro atoms. The van der Waals surface area contributed by atoms with Crippen LogP contribution in [0.1, 0.15) is 23.2 Å². The average Bonchev–Trinajstić information content (AvgIpc) is 3.15. The van der Waals surface area contributed by atoms with Crippen LogP contribution in [-0.4, -0.2) is 15.2 Å². The molecule has 0 saturated carbocycles. The third kappa shape index (κ3) is 4.06. The first-order valence-corrected chi connectivity index (χ1v) is 9.64. The van der Waals surface area contributed by atoms with E-state index in [1.54, 1.807) is 34.4 Å². The Balaban J connectivity index is 1.58. The van der Waals surface area contributed by atoms with Crippen LogP contribution in [0, 0.1) is 6.92 Å². The highest BCUT2D eigenvalue weighted by atomic mass is 32.2. The molecule has 3 aromatic rings. The minimum Gasteiger partial charge on any atom is -0.330 e. The minimum atomic E-state index is 0.821. The van der Waals surface area contributed by atoms with E-state index in [-0.39, 0.29) is 0 Å². The molecule has 1 aromatic carbocycles. The summed E-state index contributed by atoms with van der Waals surface area (Å²) in [5, 5.41) is 15.7. The van der Waals surface area contributed by atoms with Crippen molar-refractivity contribution in [1.29, 1.82) is 0 Å². The number of thioether (sulfide) groups is 1. The fraction of sp³-hybridized carbons (Fsp3) is 0.267. The first-order chi connectivity index (χ1) is 10.7. The molecule has 0 atom stereocenters. The molecule has 114 valence electrons. The van der Waals surface area contributed by atoms with Gasteiger partial charge in [-0.15, -0.1) is 21.5 Å². The second-order valence-corrected chi connectivity index (χ2v) is 7.96. The van der Waals surface area contributed by atoms with Gasteiger partial charge in [0.15, 0.2) is 4.34 Å². The monoisotopic (exact) mass is 348 g/mol. The predicted molar refractivity (Wildman–Crippen MR) is 95.4 cm³/mol. The molecule has 0 saturated heterocycles. The second-order valence-electron chi connectivity index (χ2n) is 4.70. The summed E-state index contributed by atoms with van der Waals surface area (Å²) in [5.41, 5.74) is 3.48. The number of nitrogens with one attached hydrogen (secondary N) is 1. The number of rotatable bonds is 6. The Morgan fingerprint density at radius 2 is 2.00 bits per heavy atom. The van der Waals surface area contributed by atoms with E-state index in [4.69, 9.17) is 0 Å². The van der Waals surface area contributed by atoms with Gasteiger partial charge in [0.1, 0.15) is 0 Å². The van der Waals surface area contributed by atoms with Gasteiger partial charge in [-0.1, -0.05) is 42.2 Å². The molecular formula is C15H16N4S3. The molecule has 0 aliphatic carbocycles. The van der Waals surface area contributed by atoms with Crippen molar-refractivity contribution in [2.75, 3.05) is 5.32 Å². The van der Waals surface area contributed by atoms with Crippen LogP contribution in [0.25, 0.3) is 0 Å². The van der Waals surface area contributed by atoms with Crippen LogP contribution in [0.3, 0.4) is 0 Å². The Hall–Kier alpha value is -1.44. The van der Waals surface area contributed by atoms with Crippen LogP contribution in [0.5, 0.6) is 0 Å². The lowest BCUT2D eigenvalue weighted by atomic mass is 10.1. The zero-order chi connectivity index (χ0) is 15.4. The van der Waals surface area contributed by atoms with Gasteiger partial charge in [-0.05, 0) is 31.0 Å². The third-order valence-corrected chi connectivity index (χ3v) is 5.86. The van der Waals surface area contributed by atoms with Crippen molar-refractivity contribution < 1.29 is 0 Å². The Morgan fingerprint density at radius 3 is 2.68 bits per heavy atom. The quantitative estimate of drug-likeness (QED) is 0.642. The Bertz CT molecular complexity index is 733. The summed E-state index contributed by atoms with van der Waals surface area (Å²) in [6.45, 7) is 4.18. The van der Waals surface area contributed by atoms with Crippen molar-refractivity contribution in [3.05, 3.63) is 45.9 Å². The molecule has 0 radical (unpaired) electrons. The summed E-state index contributed by atoms with van der Waals surface area (Å²) in [4.78, 5) is 4.46. The topological polar surface area (TPSA) is 50.7 Å². The lowest BCUT2D eigenvalue weighted by Crippen LogP contribution is -1.89. The molecule has 2 aromatic heterocycles. The number of aryl methyl sites for hydroxylation is 2. The van der Waals surface area contributed by atoms with Gasteiger partial charge in [0.25, 0.3) is 0 Å². The Labute approximate surface area is 142 Å². The lowest BCUT2D eigenvalue weighted by Gasteiger charge is -2.02. The van der Waals surface area contributed by atoms with Crippen molar-refractivity contribution in [3.8, 4) is 0 Å². The van der Waals surface area contributed by atoms with Crippen molar-refractivity contribution in [3.63, 3.8) is 0 Å². The van der Waals surface area contributed by atoms with Crippen LogP contribution in [-0.2, 0) is 12.2 Å². The number of hydrogen-bond donors (Lipinski definition) is 1. The molecular weight excluding hydrogens is 332 g/mol. The number of thiazole rings is 1. The fourth-order valence-electron chi connectivity index (χ4n) is 1.88. The van der Waals surface area contributed by atoms with E-state index in [0.717, 1.165) is 38.0 Å². The van der Waals surface area contributed by atoms with E-state index >= 15 is 0 Å². The minimum absolute atomic E-state index is 0.821. The molecule has 4 nitrogen and oxygen atoms in total. The number of hydrogen-bond acceptors (Lipinski definition) is 7. The summed E-state index contributed by atoms with van der Waals surface area (Å²) >= 11 is 4.92. The van der Waals surface area contributed by atoms with Gasteiger partial charge < -0.3 is 5.32 Å². The Kier molecular flexibility index (Phi) is 5.07. The molecule has 0 unspecified atom stereocenters. The molecule has 22 heavy (non-hydrogen) atoms. The highest BCUT2D eigenvalue weighted by Gasteiger charge is 2.07. The maximum absolute atomic E-state index is 4.46. The summed E-state index contributed by atoms with van der Waals surface area (Å²) in [7, 11) is 0. The number of nitrogens with zero attached hydrogens (tertiary/aromatic N) is 3. The van der Waals surface area contributed by atoms with E-state index in [0.29, 0.717) is 0 Å². The maximum Gasteiger partial charge on any atom is 0.210 e. The van der Waals surface area contributed by atoms with Crippen molar-refractivity contribution in [2.45, 2.75) is 30.4 Å². The molecule has 7 heteroatoms. The molecule has 0 aliphatic rings. The highest BCUT2D eigenvalue weighted by molar-refractivity contribution is 8.00. The number of benzene rings is 1. The lowest BCUT2D eigenvalue weighted by molar-refractivity contribution is 1.01. The molecule has 0 fully saturated rings. The van der Waals surface area contributed by atoms with E-state index in [1.807, 2.05) is 6.92 Å². The Morgan fingerprint density at radius 1 is 1.18 bits per heavy atom. The summed E-state index contributed by atoms with van der Waals surface area (Å²) in [5.74, 6) is 0.837. The SMILES string of the molecule is CCc1ccc(Nc2nnc(SCc3csc(C)n3)s2)cc1. The highest BCUT2D eigenvalue weighted by Crippen LogP contribution is 2.30. The molecule has 1 N–H and O–H groups in total. The zero-order valence-electron chi connectivity index (χ0n) is 12.4. The van der Waals surface area contributed by atoms with Gasteiger partial charge in [0.05, 0.1) is 10.7 Å². The van der Waals surface area contributed by atoms with Crippen LogP contribution in [0.2, 0.25) is 0 Å². The van der Waals surface area contributed by atoms with Crippen LogP contribution < -0.4 is 5.32 Å². The van der Waals surface area contributed by atoms with Gasteiger partial charge in [-0.3, -0.25) is 0 Å². The maximum atomic E-state index is 4.46. The van der Waals surface area contributed by atoms with Gasteiger partial charge in [0.2, 0.25) is 5.13 Å². The van der Waals surface area contributed by atoms with Gasteiger partial charge in [0, 0.05) is 16.8 Å². The molecule has 0 aliphatic heterocycles. The summed E-state index contributed by atoms with van der Waals surface area (Å²) < 4.78 is 0.957. The first kappa shape index (κ1) is 15.5. The third-order valence-electron chi connectivity index (χ3n) is 3.03. The van der Waals surface area contributed by atoms with Gasteiger partial charge >= 0.3 is 0 Å². The van der Waals surface area contributed by atoms with Gasteiger partial charge in [-0.2, -0.15) is 0 Å².